The molecular formula is C15H22Cl2N2. The van der Waals surface area contributed by atoms with Crippen LogP contribution in [0, 0.1) is 0 Å². The molecule has 1 aromatic rings. The standard InChI is InChI=1S/C15H22Cl2N2/c1-4-13-8-18-10(2)9-19(13)11(3)14-6-5-12(16)7-15(14)17/h5-7,10-11,13,18H,4,8-9H2,1-3H3. The molecule has 1 heterocycles. The van der Waals surface area contributed by atoms with E-state index in [1.807, 2.05) is 12.1 Å². The molecule has 0 bridgehead atoms. The Morgan fingerprint density at radius 3 is 2.79 bits per heavy atom. The normalized spacial score (nSPS) is 26.4. The molecule has 0 amide bonds. The smallest absolute Gasteiger partial charge is 0.0468 e. The molecule has 1 N–H and O–H groups in total. The van der Waals surface area contributed by atoms with E-state index in [4.69, 9.17) is 23.2 Å². The summed E-state index contributed by atoms with van der Waals surface area (Å²) in [6, 6.07) is 7.22. The first-order chi connectivity index (χ1) is 9.02. The lowest BCUT2D eigenvalue weighted by Gasteiger charge is -2.43. The van der Waals surface area contributed by atoms with Gasteiger partial charge in [-0.05, 0) is 38.0 Å². The zero-order chi connectivity index (χ0) is 14.0. The predicted octanol–water partition coefficient (Wildman–Crippen LogP) is 4.13. The van der Waals surface area contributed by atoms with Crippen molar-refractivity contribution >= 4 is 23.2 Å². The molecule has 0 radical (unpaired) electrons. The van der Waals surface area contributed by atoms with E-state index in [1.54, 1.807) is 0 Å². The van der Waals surface area contributed by atoms with Crippen LogP contribution in [0.3, 0.4) is 0 Å². The fourth-order valence-corrected chi connectivity index (χ4v) is 3.42. The first-order valence-corrected chi connectivity index (χ1v) is 7.72. The average molecular weight is 301 g/mol. The Labute approximate surface area is 126 Å². The Bertz CT molecular complexity index is 436. The maximum atomic E-state index is 6.34. The van der Waals surface area contributed by atoms with Crippen molar-refractivity contribution in [3.63, 3.8) is 0 Å². The van der Waals surface area contributed by atoms with E-state index in [-0.39, 0.29) is 0 Å². The third kappa shape index (κ3) is 3.43. The molecule has 2 rings (SSSR count). The Balaban J connectivity index is 2.23. The molecule has 0 aromatic heterocycles. The molecule has 3 unspecified atom stereocenters. The molecule has 3 atom stereocenters. The SMILES string of the molecule is CCC1CNC(C)CN1C(C)c1ccc(Cl)cc1Cl. The van der Waals surface area contributed by atoms with Gasteiger partial charge in [-0.15, -0.1) is 0 Å². The summed E-state index contributed by atoms with van der Waals surface area (Å²) in [5, 5.41) is 5.01. The lowest BCUT2D eigenvalue weighted by molar-refractivity contribution is 0.0905. The first kappa shape index (κ1) is 15.1. The topological polar surface area (TPSA) is 15.3 Å². The summed E-state index contributed by atoms with van der Waals surface area (Å²) in [6.07, 6.45) is 1.15. The van der Waals surface area contributed by atoms with Crippen LogP contribution in [-0.2, 0) is 0 Å². The van der Waals surface area contributed by atoms with Gasteiger partial charge in [0.2, 0.25) is 0 Å². The summed E-state index contributed by atoms with van der Waals surface area (Å²) in [6.45, 7) is 8.81. The van der Waals surface area contributed by atoms with Crippen molar-refractivity contribution in [1.82, 2.24) is 10.2 Å². The minimum absolute atomic E-state index is 0.319. The number of hydrogen-bond acceptors (Lipinski definition) is 2. The lowest BCUT2D eigenvalue weighted by Crippen LogP contribution is -2.55. The van der Waals surface area contributed by atoms with Gasteiger partial charge in [0.15, 0.2) is 0 Å². The fraction of sp³-hybridized carbons (Fsp3) is 0.600. The molecule has 0 aliphatic carbocycles. The Morgan fingerprint density at radius 1 is 1.42 bits per heavy atom. The molecule has 19 heavy (non-hydrogen) atoms. The van der Waals surface area contributed by atoms with Crippen molar-refractivity contribution < 1.29 is 0 Å². The van der Waals surface area contributed by atoms with Crippen LogP contribution in [0.2, 0.25) is 10.0 Å². The summed E-state index contributed by atoms with van der Waals surface area (Å²) >= 11 is 12.3. The molecule has 106 valence electrons. The van der Waals surface area contributed by atoms with Gasteiger partial charge in [0.1, 0.15) is 0 Å². The fourth-order valence-electron chi connectivity index (χ4n) is 2.86. The Hall–Kier alpha value is -0.280. The number of nitrogens with zero attached hydrogens (tertiary/aromatic N) is 1. The summed E-state index contributed by atoms with van der Waals surface area (Å²) in [7, 11) is 0. The maximum Gasteiger partial charge on any atom is 0.0468 e. The number of hydrogen-bond donors (Lipinski definition) is 1. The van der Waals surface area contributed by atoms with Crippen LogP contribution in [0.1, 0.15) is 38.8 Å². The van der Waals surface area contributed by atoms with Crippen molar-refractivity contribution in [2.75, 3.05) is 13.1 Å². The minimum Gasteiger partial charge on any atom is -0.311 e. The third-order valence-electron chi connectivity index (χ3n) is 4.04. The second-order valence-corrected chi connectivity index (χ2v) is 6.25. The van der Waals surface area contributed by atoms with Gasteiger partial charge in [0.05, 0.1) is 0 Å². The van der Waals surface area contributed by atoms with Crippen LogP contribution < -0.4 is 5.32 Å². The highest BCUT2D eigenvalue weighted by atomic mass is 35.5. The first-order valence-electron chi connectivity index (χ1n) is 6.97. The van der Waals surface area contributed by atoms with Crippen LogP contribution in [-0.4, -0.2) is 30.1 Å². The van der Waals surface area contributed by atoms with Crippen molar-refractivity contribution in [3.8, 4) is 0 Å². The zero-order valence-corrected chi connectivity index (χ0v) is 13.3. The van der Waals surface area contributed by atoms with Gasteiger partial charge in [0, 0.05) is 41.3 Å². The highest BCUT2D eigenvalue weighted by Crippen LogP contribution is 2.32. The van der Waals surface area contributed by atoms with Gasteiger partial charge < -0.3 is 5.32 Å². The molecule has 1 aliphatic rings. The highest BCUT2D eigenvalue weighted by Gasteiger charge is 2.29. The van der Waals surface area contributed by atoms with Crippen LogP contribution >= 0.6 is 23.2 Å². The molecule has 0 saturated carbocycles. The largest absolute Gasteiger partial charge is 0.311 e. The van der Waals surface area contributed by atoms with Gasteiger partial charge in [-0.1, -0.05) is 36.2 Å². The van der Waals surface area contributed by atoms with Crippen molar-refractivity contribution in [3.05, 3.63) is 33.8 Å². The molecule has 1 aromatic carbocycles. The molecule has 2 nitrogen and oxygen atoms in total. The van der Waals surface area contributed by atoms with Crippen molar-refractivity contribution in [1.29, 1.82) is 0 Å². The van der Waals surface area contributed by atoms with Crippen molar-refractivity contribution in [2.24, 2.45) is 0 Å². The highest BCUT2D eigenvalue weighted by molar-refractivity contribution is 6.35. The molecule has 1 saturated heterocycles. The maximum absolute atomic E-state index is 6.34. The van der Waals surface area contributed by atoms with Crippen LogP contribution in [0.15, 0.2) is 18.2 Å². The third-order valence-corrected chi connectivity index (χ3v) is 4.60. The van der Waals surface area contributed by atoms with Crippen molar-refractivity contribution in [2.45, 2.75) is 45.3 Å². The summed E-state index contributed by atoms with van der Waals surface area (Å²) in [5.41, 5.74) is 1.17. The van der Waals surface area contributed by atoms with E-state index in [0.717, 1.165) is 24.5 Å². The Kier molecular flexibility index (Phi) is 5.13. The van der Waals surface area contributed by atoms with Gasteiger partial charge in [-0.2, -0.15) is 0 Å². The zero-order valence-electron chi connectivity index (χ0n) is 11.8. The quantitative estimate of drug-likeness (QED) is 0.903. The number of nitrogens with one attached hydrogen (secondary N) is 1. The minimum atomic E-state index is 0.319. The lowest BCUT2D eigenvalue weighted by atomic mass is 10.00. The number of benzene rings is 1. The van der Waals surface area contributed by atoms with E-state index in [0.29, 0.717) is 23.1 Å². The summed E-state index contributed by atoms with van der Waals surface area (Å²) in [4.78, 5) is 2.55. The molecule has 0 spiro atoms. The molecule has 1 fully saturated rings. The number of piperazine rings is 1. The van der Waals surface area contributed by atoms with E-state index < -0.39 is 0 Å². The molecule has 1 aliphatic heterocycles. The molecular weight excluding hydrogens is 279 g/mol. The monoisotopic (exact) mass is 300 g/mol. The van der Waals surface area contributed by atoms with Gasteiger partial charge in [-0.25, -0.2) is 0 Å². The number of rotatable bonds is 3. The van der Waals surface area contributed by atoms with E-state index in [1.165, 1.54) is 5.56 Å². The molecule has 4 heteroatoms. The van der Waals surface area contributed by atoms with Crippen LogP contribution in [0.5, 0.6) is 0 Å². The Morgan fingerprint density at radius 2 is 2.16 bits per heavy atom. The van der Waals surface area contributed by atoms with E-state index >= 15 is 0 Å². The summed E-state index contributed by atoms with van der Waals surface area (Å²) < 4.78 is 0. The van der Waals surface area contributed by atoms with Gasteiger partial charge in [0.25, 0.3) is 0 Å². The van der Waals surface area contributed by atoms with Gasteiger partial charge >= 0.3 is 0 Å². The average Bonchev–Trinajstić information content (AvgIpc) is 2.38. The van der Waals surface area contributed by atoms with Crippen LogP contribution in [0.25, 0.3) is 0 Å². The van der Waals surface area contributed by atoms with Crippen LogP contribution in [0.4, 0.5) is 0 Å². The number of halogens is 2. The van der Waals surface area contributed by atoms with E-state index in [2.05, 4.69) is 37.1 Å². The van der Waals surface area contributed by atoms with Gasteiger partial charge in [-0.3, -0.25) is 4.90 Å². The second kappa shape index (κ2) is 6.45. The van der Waals surface area contributed by atoms with E-state index in [9.17, 15) is 0 Å². The predicted molar refractivity (Wildman–Crippen MR) is 83.1 cm³/mol. The summed E-state index contributed by atoms with van der Waals surface area (Å²) in [5.74, 6) is 0. The second-order valence-electron chi connectivity index (χ2n) is 5.41.